The van der Waals surface area contributed by atoms with E-state index >= 15 is 0 Å². The Morgan fingerprint density at radius 1 is 1.41 bits per heavy atom. The highest BCUT2D eigenvalue weighted by Crippen LogP contribution is 2.20. The molecule has 3 heteroatoms. The fraction of sp³-hybridized carbons (Fsp3) is 0.571. The zero-order chi connectivity index (χ0) is 12.3. The van der Waals surface area contributed by atoms with Crippen molar-refractivity contribution in [3.05, 3.63) is 34.6 Å². The van der Waals surface area contributed by atoms with Crippen LogP contribution in [0.15, 0.2) is 18.2 Å². The SMILES string of the molecule is C[C@H]1CCCCN1CCc1ccc(F)cc1Cl. The highest BCUT2D eigenvalue weighted by Gasteiger charge is 2.17. The summed E-state index contributed by atoms with van der Waals surface area (Å²) in [5.74, 6) is -0.259. The van der Waals surface area contributed by atoms with Gasteiger partial charge in [0.2, 0.25) is 0 Å². The summed E-state index contributed by atoms with van der Waals surface area (Å²) in [6, 6.07) is 5.35. The van der Waals surface area contributed by atoms with Gasteiger partial charge in [-0.2, -0.15) is 0 Å². The Morgan fingerprint density at radius 2 is 2.24 bits per heavy atom. The topological polar surface area (TPSA) is 3.24 Å². The summed E-state index contributed by atoms with van der Waals surface area (Å²) in [7, 11) is 0. The number of benzene rings is 1. The van der Waals surface area contributed by atoms with Gasteiger partial charge >= 0.3 is 0 Å². The maximum absolute atomic E-state index is 12.9. The normalized spacial score (nSPS) is 21.7. The van der Waals surface area contributed by atoms with Crippen molar-refractivity contribution < 1.29 is 4.39 Å². The van der Waals surface area contributed by atoms with Crippen molar-refractivity contribution in [2.75, 3.05) is 13.1 Å². The lowest BCUT2D eigenvalue weighted by Crippen LogP contribution is -2.38. The Bertz CT molecular complexity index is 380. The van der Waals surface area contributed by atoms with Crippen LogP contribution in [0.3, 0.4) is 0 Å². The molecule has 0 aromatic heterocycles. The summed E-state index contributed by atoms with van der Waals surface area (Å²) < 4.78 is 12.9. The fourth-order valence-corrected chi connectivity index (χ4v) is 2.74. The first-order valence-electron chi connectivity index (χ1n) is 6.35. The van der Waals surface area contributed by atoms with Gasteiger partial charge in [0.1, 0.15) is 5.82 Å². The molecule has 0 radical (unpaired) electrons. The van der Waals surface area contributed by atoms with Crippen LogP contribution in [0, 0.1) is 5.82 Å². The van der Waals surface area contributed by atoms with E-state index in [9.17, 15) is 4.39 Å². The largest absolute Gasteiger partial charge is 0.300 e. The molecule has 1 heterocycles. The summed E-state index contributed by atoms with van der Waals surface area (Å²) >= 11 is 6.03. The molecule has 0 spiro atoms. The van der Waals surface area contributed by atoms with E-state index in [0.29, 0.717) is 11.1 Å². The van der Waals surface area contributed by atoms with Crippen LogP contribution in [0.4, 0.5) is 4.39 Å². The first-order valence-corrected chi connectivity index (χ1v) is 6.72. The van der Waals surface area contributed by atoms with Crippen LogP contribution in [0.5, 0.6) is 0 Å². The number of halogens is 2. The lowest BCUT2D eigenvalue weighted by molar-refractivity contribution is 0.163. The summed E-state index contributed by atoms with van der Waals surface area (Å²) in [5.41, 5.74) is 1.05. The van der Waals surface area contributed by atoms with Gasteiger partial charge in [0.25, 0.3) is 0 Å². The Morgan fingerprint density at radius 3 is 2.94 bits per heavy atom. The third-order valence-corrected chi connectivity index (χ3v) is 3.98. The second kappa shape index (κ2) is 5.83. The molecule has 2 rings (SSSR count). The molecule has 1 aliphatic rings. The maximum Gasteiger partial charge on any atom is 0.124 e. The van der Waals surface area contributed by atoms with E-state index in [1.54, 1.807) is 6.07 Å². The smallest absolute Gasteiger partial charge is 0.124 e. The molecule has 1 aliphatic heterocycles. The molecule has 0 bridgehead atoms. The third-order valence-electron chi connectivity index (χ3n) is 3.62. The van der Waals surface area contributed by atoms with Crippen molar-refractivity contribution in [1.29, 1.82) is 0 Å². The van der Waals surface area contributed by atoms with Crippen LogP contribution >= 0.6 is 11.6 Å². The van der Waals surface area contributed by atoms with Gasteiger partial charge in [-0.25, -0.2) is 4.39 Å². The van der Waals surface area contributed by atoms with Crippen molar-refractivity contribution in [1.82, 2.24) is 4.90 Å². The van der Waals surface area contributed by atoms with Crippen molar-refractivity contribution >= 4 is 11.6 Å². The maximum atomic E-state index is 12.9. The molecule has 94 valence electrons. The monoisotopic (exact) mass is 255 g/mol. The standard InChI is InChI=1S/C14H19ClFN/c1-11-4-2-3-8-17(11)9-7-12-5-6-13(16)10-14(12)15/h5-6,10-11H,2-4,7-9H2,1H3/t11-/m0/s1. The van der Waals surface area contributed by atoms with E-state index in [0.717, 1.165) is 18.5 Å². The van der Waals surface area contributed by atoms with Crippen molar-refractivity contribution in [2.24, 2.45) is 0 Å². The molecule has 1 fully saturated rings. The van der Waals surface area contributed by atoms with Gasteiger partial charge in [0.15, 0.2) is 0 Å². The average molecular weight is 256 g/mol. The molecular weight excluding hydrogens is 237 g/mol. The summed E-state index contributed by atoms with van der Waals surface area (Å²) in [5, 5.41) is 0.551. The molecule has 0 N–H and O–H groups in total. The first kappa shape index (κ1) is 12.8. The van der Waals surface area contributed by atoms with E-state index in [1.165, 1.54) is 37.9 Å². The van der Waals surface area contributed by atoms with Crippen LogP contribution in [0.25, 0.3) is 0 Å². The predicted molar refractivity (Wildman–Crippen MR) is 70.0 cm³/mol. The van der Waals surface area contributed by atoms with Crippen LogP contribution < -0.4 is 0 Å². The summed E-state index contributed by atoms with van der Waals surface area (Å²) in [6.45, 7) is 4.48. The molecule has 0 saturated carbocycles. The summed E-state index contributed by atoms with van der Waals surface area (Å²) in [6.07, 6.45) is 4.83. The quantitative estimate of drug-likeness (QED) is 0.792. The fourth-order valence-electron chi connectivity index (χ4n) is 2.48. The van der Waals surface area contributed by atoms with Crippen molar-refractivity contribution in [2.45, 2.75) is 38.6 Å². The van der Waals surface area contributed by atoms with Gasteiger partial charge in [-0.1, -0.05) is 24.1 Å². The van der Waals surface area contributed by atoms with Crippen molar-refractivity contribution in [3.8, 4) is 0 Å². The highest BCUT2D eigenvalue weighted by molar-refractivity contribution is 6.31. The van der Waals surface area contributed by atoms with Gasteiger partial charge in [-0.05, 0) is 50.4 Å². The molecule has 1 nitrogen and oxygen atoms in total. The summed E-state index contributed by atoms with van der Waals surface area (Å²) in [4.78, 5) is 2.50. The van der Waals surface area contributed by atoms with Crippen LogP contribution in [-0.2, 0) is 6.42 Å². The molecule has 1 atom stereocenters. The molecule has 0 amide bonds. The van der Waals surface area contributed by atoms with Crippen LogP contribution in [0.2, 0.25) is 5.02 Å². The van der Waals surface area contributed by atoms with Gasteiger partial charge in [0, 0.05) is 17.6 Å². The highest BCUT2D eigenvalue weighted by atomic mass is 35.5. The van der Waals surface area contributed by atoms with Crippen LogP contribution in [0.1, 0.15) is 31.7 Å². The molecule has 0 unspecified atom stereocenters. The van der Waals surface area contributed by atoms with Crippen molar-refractivity contribution in [3.63, 3.8) is 0 Å². The number of hydrogen-bond donors (Lipinski definition) is 0. The molecule has 17 heavy (non-hydrogen) atoms. The van der Waals surface area contributed by atoms with Gasteiger partial charge in [-0.15, -0.1) is 0 Å². The number of piperidine rings is 1. The minimum atomic E-state index is -0.259. The zero-order valence-electron chi connectivity index (χ0n) is 10.3. The molecular formula is C14H19ClFN. The number of hydrogen-bond acceptors (Lipinski definition) is 1. The molecule has 1 saturated heterocycles. The Kier molecular flexibility index (Phi) is 4.41. The Hall–Kier alpha value is -0.600. The number of rotatable bonds is 3. The van der Waals surface area contributed by atoms with E-state index in [-0.39, 0.29) is 5.82 Å². The lowest BCUT2D eigenvalue weighted by Gasteiger charge is -2.33. The second-order valence-electron chi connectivity index (χ2n) is 4.87. The molecule has 1 aromatic carbocycles. The van der Waals surface area contributed by atoms with Gasteiger partial charge in [-0.3, -0.25) is 0 Å². The van der Waals surface area contributed by atoms with E-state index in [2.05, 4.69) is 11.8 Å². The van der Waals surface area contributed by atoms with Crippen LogP contribution in [-0.4, -0.2) is 24.0 Å². The minimum Gasteiger partial charge on any atom is -0.300 e. The van der Waals surface area contributed by atoms with E-state index < -0.39 is 0 Å². The zero-order valence-corrected chi connectivity index (χ0v) is 11.0. The minimum absolute atomic E-state index is 0.259. The number of nitrogens with zero attached hydrogens (tertiary/aromatic N) is 1. The third kappa shape index (κ3) is 3.43. The molecule has 1 aromatic rings. The number of likely N-dealkylation sites (tertiary alicyclic amines) is 1. The van der Waals surface area contributed by atoms with E-state index in [4.69, 9.17) is 11.6 Å². The lowest BCUT2D eigenvalue weighted by atomic mass is 10.0. The van der Waals surface area contributed by atoms with Gasteiger partial charge in [0.05, 0.1) is 0 Å². The Balaban J connectivity index is 1.92. The van der Waals surface area contributed by atoms with Gasteiger partial charge < -0.3 is 4.90 Å². The predicted octanol–water partition coefficient (Wildman–Crippen LogP) is 3.90. The van der Waals surface area contributed by atoms with E-state index in [1.807, 2.05) is 0 Å². The average Bonchev–Trinajstić information content (AvgIpc) is 2.30. The second-order valence-corrected chi connectivity index (χ2v) is 5.27. The Labute approximate surface area is 108 Å². The first-order chi connectivity index (χ1) is 8.16. The molecule has 0 aliphatic carbocycles.